The summed E-state index contributed by atoms with van der Waals surface area (Å²) in [5.74, 6) is -0.937. The highest BCUT2D eigenvalue weighted by atomic mass is 35.5. The molecule has 6 heteroatoms. The largest absolute Gasteiger partial charge is 0.480 e. The summed E-state index contributed by atoms with van der Waals surface area (Å²) < 4.78 is 5.48. The van der Waals surface area contributed by atoms with Gasteiger partial charge in [-0.25, -0.2) is 4.79 Å². The lowest BCUT2D eigenvalue weighted by Crippen LogP contribution is -2.33. The fourth-order valence-corrected chi connectivity index (χ4v) is 2.15. The number of nitrogens with zero attached hydrogens (tertiary/aromatic N) is 1. The molecule has 0 saturated heterocycles. The Morgan fingerprint density at radius 3 is 2.75 bits per heavy atom. The molecule has 0 spiro atoms. The summed E-state index contributed by atoms with van der Waals surface area (Å²) in [5, 5.41) is 12.5. The minimum absolute atomic E-state index is 0.125. The molecule has 1 aromatic heterocycles. The fourth-order valence-electron chi connectivity index (χ4n) is 1.94. The Balaban J connectivity index is 2.25. The van der Waals surface area contributed by atoms with Gasteiger partial charge in [-0.1, -0.05) is 38.4 Å². The first kappa shape index (κ1) is 14.7. The number of fused-ring (bicyclic) bond motifs is 1. The summed E-state index contributed by atoms with van der Waals surface area (Å²) in [6, 6.07) is 4.63. The zero-order chi connectivity index (χ0) is 14.9. The summed E-state index contributed by atoms with van der Waals surface area (Å²) in [6.45, 7) is 5.94. The van der Waals surface area contributed by atoms with Crippen LogP contribution in [-0.4, -0.2) is 22.1 Å². The highest BCUT2D eigenvalue weighted by molar-refractivity contribution is 6.34. The first-order valence-corrected chi connectivity index (χ1v) is 6.68. The number of anilines is 1. The van der Waals surface area contributed by atoms with Crippen molar-refractivity contribution in [2.75, 3.05) is 5.32 Å². The molecule has 1 heterocycles. The molecular weight excluding hydrogens is 280 g/mol. The Kier molecular flexibility index (Phi) is 3.90. The maximum absolute atomic E-state index is 11.3. The van der Waals surface area contributed by atoms with Crippen LogP contribution in [0.15, 0.2) is 22.6 Å². The van der Waals surface area contributed by atoms with Crippen molar-refractivity contribution in [2.24, 2.45) is 5.41 Å². The van der Waals surface area contributed by atoms with Gasteiger partial charge in [0.15, 0.2) is 5.58 Å². The summed E-state index contributed by atoms with van der Waals surface area (Å²) in [7, 11) is 0. The molecule has 108 valence electrons. The van der Waals surface area contributed by atoms with E-state index in [-0.39, 0.29) is 11.4 Å². The molecule has 2 N–H and O–H groups in total. The minimum Gasteiger partial charge on any atom is -0.480 e. The first-order chi connectivity index (χ1) is 9.26. The Hall–Kier alpha value is -1.75. The molecule has 20 heavy (non-hydrogen) atoms. The van der Waals surface area contributed by atoms with E-state index in [1.165, 1.54) is 0 Å². The van der Waals surface area contributed by atoms with Gasteiger partial charge in [-0.15, -0.1) is 0 Å². The van der Waals surface area contributed by atoms with Crippen LogP contribution in [0.2, 0.25) is 5.02 Å². The summed E-state index contributed by atoms with van der Waals surface area (Å²) >= 11 is 6.00. The highest BCUT2D eigenvalue weighted by Crippen LogP contribution is 2.28. The lowest BCUT2D eigenvalue weighted by molar-refractivity contribution is -0.138. The van der Waals surface area contributed by atoms with E-state index in [9.17, 15) is 9.90 Å². The Bertz CT molecular complexity index is 631. The Labute approximate surface area is 121 Å². The van der Waals surface area contributed by atoms with Crippen LogP contribution in [-0.2, 0) is 4.79 Å². The van der Waals surface area contributed by atoms with Crippen LogP contribution in [0.4, 0.5) is 6.01 Å². The number of hydrogen-bond donors (Lipinski definition) is 2. The molecule has 1 atom stereocenters. The van der Waals surface area contributed by atoms with Gasteiger partial charge in [-0.3, -0.25) is 0 Å². The van der Waals surface area contributed by atoms with Crippen LogP contribution >= 0.6 is 11.6 Å². The van der Waals surface area contributed by atoms with Crippen molar-refractivity contribution >= 4 is 34.7 Å². The molecule has 0 saturated carbocycles. The minimum atomic E-state index is -0.937. The van der Waals surface area contributed by atoms with E-state index in [4.69, 9.17) is 16.0 Å². The molecule has 0 radical (unpaired) electrons. The molecule has 0 amide bonds. The monoisotopic (exact) mass is 296 g/mol. The number of benzene rings is 1. The molecule has 2 aromatic rings. The van der Waals surface area contributed by atoms with Crippen molar-refractivity contribution in [1.82, 2.24) is 4.98 Å². The third kappa shape index (κ3) is 3.42. The number of halogens is 1. The van der Waals surface area contributed by atoms with Crippen LogP contribution in [0.3, 0.4) is 0 Å². The molecule has 0 aliphatic rings. The van der Waals surface area contributed by atoms with E-state index in [0.717, 1.165) is 0 Å². The van der Waals surface area contributed by atoms with Crippen molar-refractivity contribution in [2.45, 2.75) is 33.2 Å². The molecule has 2 rings (SSSR count). The van der Waals surface area contributed by atoms with Crippen LogP contribution in [0.5, 0.6) is 0 Å². The Morgan fingerprint density at radius 1 is 1.50 bits per heavy atom. The van der Waals surface area contributed by atoms with E-state index < -0.39 is 12.0 Å². The molecule has 0 fully saturated rings. The molecule has 0 bridgehead atoms. The van der Waals surface area contributed by atoms with E-state index >= 15 is 0 Å². The van der Waals surface area contributed by atoms with Crippen molar-refractivity contribution in [3.63, 3.8) is 0 Å². The molecule has 0 aliphatic heterocycles. The number of oxazole rings is 1. The quantitative estimate of drug-likeness (QED) is 0.898. The van der Waals surface area contributed by atoms with Crippen molar-refractivity contribution in [1.29, 1.82) is 0 Å². The fraction of sp³-hybridized carbons (Fsp3) is 0.429. The predicted octanol–water partition coefficient (Wildman–Crippen LogP) is 3.78. The standard InChI is InChI=1S/C14H17ClN2O3/c1-14(2,3)7-10(12(18)19)17-13-16-9-6-4-5-8(15)11(9)20-13/h4-6,10H,7H2,1-3H3,(H,16,17)(H,18,19)/t10-/m0/s1. The number of carbonyl (C=O) groups is 1. The number of aliphatic carboxylic acids is 1. The van der Waals surface area contributed by atoms with Gasteiger partial charge in [0.05, 0.1) is 5.02 Å². The van der Waals surface area contributed by atoms with E-state index in [2.05, 4.69) is 10.3 Å². The maximum Gasteiger partial charge on any atom is 0.326 e. The third-order valence-electron chi connectivity index (χ3n) is 2.78. The van der Waals surface area contributed by atoms with Gasteiger partial charge in [-0.2, -0.15) is 4.98 Å². The topological polar surface area (TPSA) is 75.4 Å². The molecule has 1 aromatic carbocycles. The van der Waals surface area contributed by atoms with E-state index in [1.54, 1.807) is 18.2 Å². The van der Waals surface area contributed by atoms with E-state index in [0.29, 0.717) is 22.5 Å². The average Bonchev–Trinajstić information content (AvgIpc) is 2.70. The molecular formula is C14H17ClN2O3. The number of para-hydroxylation sites is 1. The zero-order valence-electron chi connectivity index (χ0n) is 11.6. The summed E-state index contributed by atoms with van der Waals surface area (Å²) in [4.78, 5) is 15.5. The second-order valence-electron chi connectivity index (χ2n) is 5.91. The number of nitrogens with one attached hydrogen (secondary N) is 1. The normalized spacial score (nSPS) is 13.4. The van der Waals surface area contributed by atoms with Gasteiger partial charge in [0.1, 0.15) is 11.6 Å². The van der Waals surface area contributed by atoms with Crippen LogP contribution < -0.4 is 5.32 Å². The number of carboxylic acids is 1. The predicted molar refractivity (Wildman–Crippen MR) is 78.1 cm³/mol. The molecule has 0 unspecified atom stereocenters. The van der Waals surface area contributed by atoms with Gasteiger partial charge in [-0.05, 0) is 24.0 Å². The maximum atomic E-state index is 11.3. The summed E-state index contributed by atoms with van der Waals surface area (Å²) in [5.41, 5.74) is 0.927. The summed E-state index contributed by atoms with van der Waals surface area (Å²) in [6.07, 6.45) is 0.453. The Morgan fingerprint density at radius 2 is 2.20 bits per heavy atom. The number of rotatable bonds is 4. The second-order valence-corrected chi connectivity index (χ2v) is 6.31. The third-order valence-corrected chi connectivity index (χ3v) is 3.08. The molecule has 0 aliphatic carbocycles. The second kappa shape index (κ2) is 5.32. The van der Waals surface area contributed by atoms with Crippen LogP contribution in [0.25, 0.3) is 11.1 Å². The van der Waals surface area contributed by atoms with Gasteiger partial charge in [0, 0.05) is 0 Å². The van der Waals surface area contributed by atoms with Gasteiger partial charge < -0.3 is 14.8 Å². The molecule has 5 nitrogen and oxygen atoms in total. The van der Waals surface area contributed by atoms with Gasteiger partial charge in [0.2, 0.25) is 0 Å². The number of hydrogen-bond acceptors (Lipinski definition) is 4. The van der Waals surface area contributed by atoms with Crippen molar-refractivity contribution in [3.05, 3.63) is 23.2 Å². The zero-order valence-corrected chi connectivity index (χ0v) is 12.4. The number of carboxylic acid groups (broad SMARTS) is 1. The van der Waals surface area contributed by atoms with Crippen molar-refractivity contribution in [3.8, 4) is 0 Å². The first-order valence-electron chi connectivity index (χ1n) is 6.31. The lowest BCUT2D eigenvalue weighted by Gasteiger charge is -2.23. The highest BCUT2D eigenvalue weighted by Gasteiger charge is 2.26. The lowest BCUT2D eigenvalue weighted by atomic mass is 9.88. The average molecular weight is 297 g/mol. The van der Waals surface area contributed by atoms with E-state index in [1.807, 2.05) is 20.8 Å². The smallest absolute Gasteiger partial charge is 0.326 e. The number of aromatic nitrogens is 1. The van der Waals surface area contributed by atoms with Crippen LogP contribution in [0.1, 0.15) is 27.2 Å². The van der Waals surface area contributed by atoms with Gasteiger partial charge >= 0.3 is 5.97 Å². The SMILES string of the molecule is CC(C)(C)C[C@H](Nc1nc2cccc(Cl)c2o1)C(=O)O. The van der Waals surface area contributed by atoms with Crippen molar-refractivity contribution < 1.29 is 14.3 Å². The van der Waals surface area contributed by atoms with Gasteiger partial charge in [0.25, 0.3) is 6.01 Å². The van der Waals surface area contributed by atoms with Crippen LogP contribution in [0, 0.1) is 5.41 Å².